The summed E-state index contributed by atoms with van der Waals surface area (Å²) >= 11 is 0. The van der Waals surface area contributed by atoms with E-state index >= 15 is 0 Å². The molecule has 2 aliphatic rings. The molecule has 5 heteroatoms. The van der Waals surface area contributed by atoms with Crippen LogP contribution < -0.4 is 0 Å². The topological polar surface area (TPSA) is 49.9 Å². The van der Waals surface area contributed by atoms with E-state index in [1.54, 1.807) is 0 Å². The molecule has 2 heterocycles. The fraction of sp³-hybridized carbons (Fsp3) is 0.909. The average molecular weight is 381 g/mol. The van der Waals surface area contributed by atoms with Crippen molar-refractivity contribution in [2.45, 2.75) is 73.3 Å². The smallest absolute Gasteiger partial charge is 0.248 e. The number of amides is 2. The molecule has 2 aliphatic heterocycles. The van der Waals surface area contributed by atoms with Gasteiger partial charge in [0.2, 0.25) is 11.8 Å². The Hall–Kier alpha value is -1.10. The largest absolute Gasteiger partial charge is 0.369 e. The van der Waals surface area contributed by atoms with E-state index in [-0.39, 0.29) is 24.0 Å². The van der Waals surface area contributed by atoms with E-state index in [1.807, 2.05) is 18.7 Å². The van der Waals surface area contributed by atoms with Gasteiger partial charge in [-0.15, -0.1) is 0 Å². The molecule has 0 aliphatic carbocycles. The van der Waals surface area contributed by atoms with Gasteiger partial charge in [-0.2, -0.15) is 0 Å². The molecule has 0 atom stereocenters. The molecule has 0 saturated carbocycles. The van der Waals surface area contributed by atoms with E-state index in [9.17, 15) is 9.59 Å². The van der Waals surface area contributed by atoms with Crippen molar-refractivity contribution in [1.82, 2.24) is 9.80 Å². The van der Waals surface area contributed by atoms with Gasteiger partial charge in [0.1, 0.15) is 6.61 Å². The zero-order valence-corrected chi connectivity index (χ0v) is 18.3. The summed E-state index contributed by atoms with van der Waals surface area (Å²) in [6.07, 6.45) is 4.48. The van der Waals surface area contributed by atoms with Gasteiger partial charge in [-0.3, -0.25) is 9.59 Å². The molecule has 0 aromatic carbocycles. The molecule has 2 amide bonds. The fourth-order valence-electron chi connectivity index (χ4n) is 4.18. The van der Waals surface area contributed by atoms with Crippen LogP contribution in [0.5, 0.6) is 0 Å². The van der Waals surface area contributed by atoms with Crippen LogP contribution in [0.1, 0.15) is 67.2 Å². The summed E-state index contributed by atoms with van der Waals surface area (Å²) in [4.78, 5) is 29.1. The molecular formula is C22H40N2O3. The normalized spacial score (nSPS) is 20.6. The van der Waals surface area contributed by atoms with E-state index in [0.29, 0.717) is 23.7 Å². The number of carbonyl (C=O) groups is 2. The molecule has 0 bridgehead atoms. The van der Waals surface area contributed by atoms with E-state index in [0.717, 1.165) is 51.9 Å². The van der Waals surface area contributed by atoms with Crippen molar-refractivity contribution in [2.24, 2.45) is 23.2 Å². The first-order valence-electron chi connectivity index (χ1n) is 10.8. The van der Waals surface area contributed by atoms with Crippen LogP contribution in [0.25, 0.3) is 0 Å². The molecule has 27 heavy (non-hydrogen) atoms. The Bertz CT molecular complexity index is 500. The van der Waals surface area contributed by atoms with Gasteiger partial charge in [-0.25, -0.2) is 0 Å². The third-order valence-electron chi connectivity index (χ3n) is 6.92. The Morgan fingerprint density at radius 1 is 0.889 bits per heavy atom. The second-order valence-corrected chi connectivity index (χ2v) is 9.58. The predicted molar refractivity (Wildman–Crippen MR) is 108 cm³/mol. The van der Waals surface area contributed by atoms with Gasteiger partial charge < -0.3 is 14.5 Å². The van der Waals surface area contributed by atoms with Crippen LogP contribution >= 0.6 is 0 Å². The molecule has 156 valence electrons. The summed E-state index contributed by atoms with van der Waals surface area (Å²) in [6.45, 7) is 16.0. The van der Waals surface area contributed by atoms with Gasteiger partial charge in [0.05, 0.1) is 6.10 Å². The maximum absolute atomic E-state index is 12.8. The van der Waals surface area contributed by atoms with Crippen molar-refractivity contribution in [1.29, 1.82) is 0 Å². The number of rotatable bonds is 6. The first kappa shape index (κ1) is 22.2. The van der Waals surface area contributed by atoms with Crippen LogP contribution in [0.4, 0.5) is 0 Å². The molecule has 2 fully saturated rings. The minimum absolute atomic E-state index is 0.0973. The summed E-state index contributed by atoms with van der Waals surface area (Å²) in [5.74, 6) is 2.17. The second-order valence-electron chi connectivity index (χ2n) is 9.58. The average Bonchev–Trinajstić information content (AvgIpc) is 2.65. The van der Waals surface area contributed by atoms with Gasteiger partial charge >= 0.3 is 0 Å². The third-order valence-corrected chi connectivity index (χ3v) is 6.92. The van der Waals surface area contributed by atoms with Gasteiger partial charge in [0, 0.05) is 31.6 Å². The fourth-order valence-corrected chi connectivity index (χ4v) is 4.18. The monoisotopic (exact) mass is 380 g/mol. The van der Waals surface area contributed by atoms with Crippen LogP contribution in [0.3, 0.4) is 0 Å². The molecule has 2 saturated heterocycles. The lowest BCUT2D eigenvalue weighted by molar-refractivity contribution is -0.145. The van der Waals surface area contributed by atoms with Gasteiger partial charge in [0.15, 0.2) is 0 Å². The second kappa shape index (κ2) is 9.40. The Morgan fingerprint density at radius 3 is 1.74 bits per heavy atom. The maximum Gasteiger partial charge on any atom is 0.248 e. The summed E-state index contributed by atoms with van der Waals surface area (Å²) in [5, 5.41) is 0. The van der Waals surface area contributed by atoms with Crippen molar-refractivity contribution in [2.75, 3.05) is 32.8 Å². The van der Waals surface area contributed by atoms with Crippen molar-refractivity contribution in [3.8, 4) is 0 Å². The van der Waals surface area contributed by atoms with Crippen molar-refractivity contribution in [3.05, 3.63) is 0 Å². The van der Waals surface area contributed by atoms with Crippen LogP contribution in [-0.4, -0.2) is 60.5 Å². The Kier molecular flexibility index (Phi) is 7.73. The molecule has 0 radical (unpaired) electrons. The number of hydrogen-bond donors (Lipinski definition) is 0. The molecule has 2 rings (SSSR count). The summed E-state index contributed by atoms with van der Waals surface area (Å²) in [6, 6.07) is 0. The highest BCUT2D eigenvalue weighted by molar-refractivity contribution is 5.82. The van der Waals surface area contributed by atoms with E-state index in [4.69, 9.17) is 4.74 Å². The lowest BCUT2D eigenvalue weighted by Crippen LogP contribution is -2.48. The minimum atomic E-state index is -0.281. The summed E-state index contributed by atoms with van der Waals surface area (Å²) < 4.78 is 5.45. The highest BCUT2D eigenvalue weighted by Gasteiger charge is 2.38. The lowest BCUT2D eigenvalue weighted by atomic mass is 9.76. The van der Waals surface area contributed by atoms with E-state index in [2.05, 4.69) is 32.6 Å². The van der Waals surface area contributed by atoms with Crippen LogP contribution in [0.2, 0.25) is 0 Å². The Labute approximate surface area is 165 Å². The first-order valence-corrected chi connectivity index (χ1v) is 10.8. The highest BCUT2D eigenvalue weighted by Crippen LogP contribution is 2.35. The zero-order valence-electron chi connectivity index (χ0n) is 18.3. The molecule has 0 spiro atoms. The highest BCUT2D eigenvalue weighted by atomic mass is 16.5. The van der Waals surface area contributed by atoms with Crippen LogP contribution in [0, 0.1) is 23.2 Å². The SMILES string of the molecule is CC(C)OCC(=O)N1CCC(C2CCN(C(=O)C(C)(C)C(C)C)CC2)CC1. The molecule has 0 unspecified atom stereocenters. The quantitative estimate of drug-likeness (QED) is 0.708. The van der Waals surface area contributed by atoms with Crippen molar-refractivity contribution < 1.29 is 14.3 Å². The summed E-state index contributed by atoms with van der Waals surface area (Å²) in [5.41, 5.74) is -0.281. The van der Waals surface area contributed by atoms with Crippen molar-refractivity contribution in [3.63, 3.8) is 0 Å². The lowest BCUT2D eigenvalue weighted by Gasteiger charge is -2.42. The van der Waals surface area contributed by atoms with Crippen molar-refractivity contribution >= 4 is 11.8 Å². The first-order chi connectivity index (χ1) is 12.6. The number of ether oxygens (including phenoxy) is 1. The standard InChI is InChI=1S/C22H40N2O3/c1-16(2)22(5,6)21(26)24-13-9-19(10-14-24)18-7-11-23(12-8-18)20(25)15-27-17(3)4/h16-19H,7-15H2,1-6H3. The molecule has 0 aromatic heterocycles. The van der Waals surface area contributed by atoms with Gasteiger partial charge in [0.25, 0.3) is 0 Å². The number of carbonyl (C=O) groups excluding carboxylic acids is 2. The third kappa shape index (κ3) is 5.69. The minimum Gasteiger partial charge on any atom is -0.369 e. The van der Waals surface area contributed by atoms with E-state index in [1.165, 1.54) is 0 Å². The van der Waals surface area contributed by atoms with Gasteiger partial charge in [-0.1, -0.05) is 27.7 Å². The number of likely N-dealkylation sites (tertiary alicyclic amines) is 2. The zero-order chi connectivity index (χ0) is 20.2. The van der Waals surface area contributed by atoms with Crippen LogP contribution in [-0.2, 0) is 14.3 Å². The molecule has 5 nitrogen and oxygen atoms in total. The molecular weight excluding hydrogens is 340 g/mol. The number of nitrogens with zero attached hydrogens (tertiary/aromatic N) is 2. The Morgan fingerprint density at radius 2 is 1.33 bits per heavy atom. The summed E-state index contributed by atoms with van der Waals surface area (Å²) in [7, 11) is 0. The molecule has 0 aromatic rings. The van der Waals surface area contributed by atoms with Gasteiger partial charge in [-0.05, 0) is 57.3 Å². The Balaban J connectivity index is 1.76. The van der Waals surface area contributed by atoms with Crippen LogP contribution in [0.15, 0.2) is 0 Å². The maximum atomic E-state index is 12.8. The number of piperidine rings is 2. The number of hydrogen-bond acceptors (Lipinski definition) is 3. The molecule has 0 N–H and O–H groups in total. The van der Waals surface area contributed by atoms with E-state index < -0.39 is 0 Å². The predicted octanol–water partition coefficient (Wildman–Crippen LogP) is 3.57.